The highest BCUT2D eigenvalue weighted by molar-refractivity contribution is 6.30. The van der Waals surface area contributed by atoms with Crippen LogP contribution >= 0.6 is 11.6 Å². The largest absolute Gasteiger partial charge is 0.430 e. The maximum Gasteiger partial charge on any atom is 0.310 e. The van der Waals surface area contributed by atoms with Crippen molar-refractivity contribution >= 4 is 28.9 Å². The summed E-state index contributed by atoms with van der Waals surface area (Å²) < 4.78 is 12.2. The molecule has 5 rings (SSSR count). The first-order chi connectivity index (χ1) is 16.9. The number of carbonyl (C=O) groups excluding carboxylic acids is 2. The van der Waals surface area contributed by atoms with Crippen molar-refractivity contribution in [3.8, 4) is 11.1 Å². The molecule has 2 fully saturated rings. The van der Waals surface area contributed by atoms with E-state index in [1.165, 1.54) is 0 Å². The Bertz CT molecular complexity index is 1160. The van der Waals surface area contributed by atoms with Crippen LogP contribution in [-0.4, -0.2) is 24.0 Å². The van der Waals surface area contributed by atoms with Gasteiger partial charge in [-0.25, -0.2) is 0 Å². The number of fused-ring (bicyclic) bond motifs is 5. The monoisotopic (exact) mass is 492 g/mol. The smallest absolute Gasteiger partial charge is 0.310 e. The number of aryl methyl sites for hydroxylation is 2. The molecule has 2 saturated heterocycles. The van der Waals surface area contributed by atoms with Crippen molar-refractivity contribution in [1.82, 2.24) is 0 Å². The van der Waals surface area contributed by atoms with Gasteiger partial charge in [0.25, 0.3) is 0 Å². The molecule has 3 aliphatic rings. The number of unbranched alkanes of at least 4 members (excludes halogenated alkanes) is 3. The lowest BCUT2D eigenvalue weighted by Gasteiger charge is -2.21. The van der Waals surface area contributed by atoms with E-state index in [4.69, 9.17) is 21.1 Å². The number of ether oxygens (including phenoxy) is 2. The molecule has 2 aromatic rings. The summed E-state index contributed by atoms with van der Waals surface area (Å²) in [6.45, 7) is 6.22. The van der Waals surface area contributed by atoms with E-state index in [1.807, 2.05) is 38.1 Å². The van der Waals surface area contributed by atoms with Crippen molar-refractivity contribution in [2.75, 3.05) is 0 Å². The SMILES string of the molecule is CCCCCCC(=O)OC1=C(c2c(C)cc(-c3ccc(Cl)cc3)cc2C)C(=O)[C@H]2C3CCC(O3)[C@@H]12. The Morgan fingerprint density at radius 1 is 0.971 bits per heavy atom. The zero-order valence-electron chi connectivity index (χ0n) is 20.7. The average Bonchev–Trinajstić information content (AvgIpc) is 3.51. The van der Waals surface area contributed by atoms with Gasteiger partial charge < -0.3 is 9.47 Å². The van der Waals surface area contributed by atoms with Crippen molar-refractivity contribution in [2.45, 2.75) is 77.9 Å². The highest BCUT2D eigenvalue weighted by atomic mass is 35.5. The first-order valence-electron chi connectivity index (χ1n) is 12.9. The maximum absolute atomic E-state index is 13.8. The van der Waals surface area contributed by atoms with Crippen LogP contribution in [0.25, 0.3) is 16.7 Å². The molecule has 35 heavy (non-hydrogen) atoms. The molecule has 2 unspecified atom stereocenters. The van der Waals surface area contributed by atoms with Crippen LogP contribution in [0.2, 0.25) is 5.02 Å². The first-order valence-corrected chi connectivity index (χ1v) is 13.3. The Hall–Kier alpha value is -2.43. The fourth-order valence-electron chi connectivity index (χ4n) is 6.20. The van der Waals surface area contributed by atoms with E-state index in [2.05, 4.69) is 19.1 Å². The Labute approximate surface area is 212 Å². The minimum absolute atomic E-state index is 0.0386. The average molecular weight is 493 g/mol. The van der Waals surface area contributed by atoms with Crippen LogP contribution < -0.4 is 0 Å². The normalized spacial score (nSPS) is 24.9. The number of halogens is 1. The molecule has 2 aromatic carbocycles. The summed E-state index contributed by atoms with van der Waals surface area (Å²) in [6.07, 6.45) is 6.15. The van der Waals surface area contributed by atoms with E-state index in [0.29, 0.717) is 22.8 Å². The third-order valence-corrected chi connectivity index (χ3v) is 8.04. The molecule has 1 aliphatic carbocycles. The lowest BCUT2D eigenvalue weighted by atomic mass is 9.80. The van der Waals surface area contributed by atoms with Crippen LogP contribution in [-0.2, 0) is 19.1 Å². The Kier molecular flexibility index (Phi) is 6.87. The van der Waals surface area contributed by atoms with Gasteiger partial charge in [0.2, 0.25) is 0 Å². The molecule has 184 valence electrons. The molecule has 0 amide bonds. The number of hydrogen-bond acceptors (Lipinski definition) is 4. The number of benzene rings is 2. The Morgan fingerprint density at radius 3 is 2.29 bits per heavy atom. The molecule has 2 aliphatic heterocycles. The molecule has 2 heterocycles. The third kappa shape index (κ3) is 4.47. The third-order valence-electron chi connectivity index (χ3n) is 7.79. The zero-order valence-corrected chi connectivity index (χ0v) is 21.5. The van der Waals surface area contributed by atoms with Crippen LogP contribution in [0.5, 0.6) is 0 Å². The van der Waals surface area contributed by atoms with E-state index in [-0.39, 0.29) is 35.8 Å². The molecule has 0 radical (unpaired) electrons. The van der Waals surface area contributed by atoms with Crippen LogP contribution in [0.1, 0.15) is 68.6 Å². The summed E-state index contributed by atoms with van der Waals surface area (Å²) in [7, 11) is 0. The van der Waals surface area contributed by atoms with Gasteiger partial charge in [-0.1, -0.05) is 62.1 Å². The summed E-state index contributed by atoms with van der Waals surface area (Å²) >= 11 is 6.07. The van der Waals surface area contributed by atoms with Gasteiger partial charge in [0.1, 0.15) is 5.76 Å². The van der Waals surface area contributed by atoms with Crippen molar-refractivity contribution in [3.05, 3.63) is 63.9 Å². The number of esters is 1. The van der Waals surface area contributed by atoms with Crippen LogP contribution in [0.15, 0.2) is 42.2 Å². The van der Waals surface area contributed by atoms with Crippen LogP contribution in [0.4, 0.5) is 0 Å². The van der Waals surface area contributed by atoms with E-state index in [1.54, 1.807) is 0 Å². The number of hydrogen-bond donors (Lipinski definition) is 0. The van der Waals surface area contributed by atoms with Gasteiger partial charge in [-0.3, -0.25) is 9.59 Å². The lowest BCUT2D eigenvalue weighted by molar-refractivity contribution is -0.140. The van der Waals surface area contributed by atoms with Gasteiger partial charge in [-0.05, 0) is 73.1 Å². The topological polar surface area (TPSA) is 52.6 Å². The van der Waals surface area contributed by atoms with Gasteiger partial charge >= 0.3 is 5.97 Å². The summed E-state index contributed by atoms with van der Waals surface area (Å²) in [6, 6.07) is 12.0. The maximum atomic E-state index is 13.8. The van der Waals surface area contributed by atoms with Gasteiger partial charge in [0.15, 0.2) is 5.78 Å². The molecule has 5 heteroatoms. The van der Waals surface area contributed by atoms with Gasteiger partial charge in [-0.2, -0.15) is 0 Å². The molecule has 4 atom stereocenters. The fourth-order valence-corrected chi connectivity index (χ4v) is 6.33. The molecule has 0 aromatic heterocycles. The summed E-state index contributed by atoms with van der Waals surface area (Å²) in [4.78, 5) is 26.7. The summed E-state index contributed by atoms with van der Waals surface area (Å²) in [5.41, 5.74) is 5.64. The van der Waals surface area contributed by atoms with Gasteiger partial charge in [0, 0.05) is 11.4 Å². The number of Topliss-reactive ketones (excluding diaryl/α,β-unsaturated/α-hetero) is 1. The molecular weight excluding hydrogens is 460 g/mol. The lowest BCUT2D eigenvalue weighted by Crippen LogP contribution is -2.29. The fraction of sp³-hybridized carbons (Fsp3) is 0.467. The van der Waals surface area contributed by atoms with E-state index < -0.39 is 0 Å². The van der Waals surface area contributed by atoms with Crippen molar-refractivity contribution in [2.24, 2.45) is 11.8 Å². The second-order valence-electron chi connectivity index (χ2n) is 10.2. The quantitative estimate of drug-likeness (QED) is 0.288. The second kappa shape index (κ2) is 9.91. The molecule has 0 spiro atoms. The molecular formula is C30H33ClO4. The molecule has 0 N–H and O–H groups in total. The van der Waals surface area contributed by atoms with Crippen molar-refractivity contribution in [3.63, 3.8) is 0 Å². The number of carbonyl (C=O) groups is 2. The van der Waals surface area contributed by atoms with Crippen LogP contribution in [0, 0.1) is 25.7 Å². The summed E-state index contributed by atoms with van der Waals surface area (Å²) in [5.74, 6) is 0.00411. The minimum Gasteiger partial charge on any atom is -0.430 e. The van der Waals surface area contributed by atoms with E-state index in [9.17, 15) is 9.59 Å². The molecule has 0 saturated carbocycles. The van der Waals surface area contributed by atoms with E-state index in [0.717, 1.165) is 66.3 Å². The summed E-state index contributed by atoms with van der Waals surface area (Å²) in [5, 5.41) is 0.699. The Morgan fingerprint density at radius 2 is 1.63 bits per heavy atom. The number of ketones is 1. The van der Waals surface area contributed by atoms with Crippen LogP contribution in [0.3, 0.4) is 0 Å². The minimum atomic E-state index is -0.238. The Balaban J connectivity index is 1.52. The van der Waals surface area contributed by atoms with Crippen molar-refractivity contribution in [1.29, 1.82) is 0 Å². The highest BCUT2D eigenvalue weighted by Crippen LogP contribution is 2.55. The first kappa shape index (κ1) is 24.3. The molecule has 4 nitrogen and oxygen atoms in total. The second-order valence-corrected chi connectivity index (χ2v) is 10.7. The van der Waals surface area contributed by atoms with E-state index >= 15 is 0 Å². The van der Waals surface area contributed by atoms with Crippen molar-refractivity contribution < 1.29 is 19.1 Å². The van der Waals surface area contributed by atoms with Gasteiger partial charge in [0.05, 0.1) is 29.6 Å². The highest BCUT2D eigenvalue weighted by Gasteiger charge is 2.60. The standard InChI is InChI=1S/C30H33ClO4/c1-4-5-6-7-8-24(32)35-30-27-23-14-13-22(34-23)26(27)29(33)28(30)25-17(2)15-20(16-18(25)3)19-9-11-21(31)12-10-19/h9-12,15-16,22-23,26-27H,4-8,13-14H2,1-3H3/t22?,23?,26-,27+/m0/s1. The number of allylic oxidation sites excluding steroid dienone is 1. The predicted octanol–water partition coefficient (Wildman–Crippen LogP) is 7.22. The number of rotatable bonds is 8. The predicted molar refractivity (Wildman–Crippen MR) is 138 cm³/mol. The zero-order chi connectivity index (χ0) is 24.7. The molecule has 2 bridgehead atoms. The van der Waals surface area contributed by atoms with Gasteiger partial charge in [-0.15, -0.1) is 0 Å².